The molecule has 0 aliphatic carbocycles. The average molecular weight is 679 g/mol. The van der Waals surface area contributed by atoms with Crippen LogP contribution in [0, 0.1) is 0 Å². The van der Waals surface area contributed by atoms with Gasteiger partial charge in [0.05, 0.1) is 12.3 Å². The van der Waals surface area contributed by atoms with Crippen LogP contribution in [0.2, 0.25) is 0 Å². The van der Waals surface area contributed by atoms with Crippen LogP contribution in [0.4, 0.5) is 11.4 Å². The lowest BCUT2D eigenvalue weighted by Gasteiger charge is -2.25. The van der Waals surface area contributed by atoms with E-state index in [4.69, 9.17) is 4.74 Å². The maximum atomic E-state index is 5.98. The molecule has 0 bridgehead atoms. The molecule has 0 aliphatic heterocycles. The topological polar surface area (TPSA) is 15.7 Å². The minimum Gasteiger partial charge on any atom is -0.491 e. The fourth-order valence-corrected chi connectivity index (χ4v) is 6.60. The second-order valence-electron chi connectivity index (χ2n) is 14.7. The summed E-state index contributed by atoms with van der Waals surface area (Å²) in [5.41, 5.74) is 2.57. The lowest BCUT2D eigenvalue weighted by molar-refractivity contribution is 0.305. The zero-order valence-corrected chi connectivity index (χ0v) is 33.5. The number of hydrogen-bond donors (Lipinski definition) is 0. The lowest BCUT2D eigenvalue weighted by atomic mass is 10.0. The average Bonchev–Trinajstić information content (AvgIpc) is 3.12. The van der Waals surface area contributed by atoms with Crippen molar-refractivity contribution in [3.63, 3.8) is 0 Å². The van der Waals surface area contributed by atoms with Gasteiger partial charge in [-0.2, -0.15) is 0 Å². The molecule has 2 rings (SSSR count). The largest absolute Gasteiger partial charge is 0.491 e. The zero-order valence-electron chi connectivity index (χ0n) is 33.5. The summed E-state index contributed by atoms with van der Waals surface area (Å²) < 4.78 is 5.98. The Morgan fingerprint density at radius 3 is 1.20 bits per heavy atom. The SMILES string of the molecule is CCCCCCCCCCCCCCCCCCOc1ccccc1N(C)C.CCCCCCCN(CCCCCCC)c1ccccc1. The number of ether oxygens (including phenoxy) is 1. The monoisotopic (exact) mass is 679 g/mol. The molecule has 0 saturated carbocycles. The molecule has 0 amide bonds. The van der Waals surface area contributed by atoms with Gasteiger partial charge in [-0.15, -0.1) is 0 Å². The van der Waals surface area contributed by atoms with Crippen molar-refractivity contribution in [2.45, 2.75) is 188 Å². The van der Waals surface area contributed by atoms with Gasteiger partial charge in [0.25, 0.3) is 0 Å². The first-order valence-electron chi connectivity index (χ1n) is 21.3. The van der Waals surface area contributed by atoms with Gasteiger partial charge in [0.15, 0.2) is 0 Å². The maximum Gasteiger partial charge on any atom is 0.142 e. The Bertz CT molecular complexity index is 916. The fourth-order valence-electron chi connectivity index (χ4n) is 6.60. The van der Waals surface area contributed by atoms with Crippen molar-refractivity contribution in [3.05, 3.63) is 54.6 Å². The van der Waals surface area contributed by atoms with Crippen LogP contribution in [0.25, 0.3) is 0 Å². The molecule has 0 aliphatic rings. The van der Waals surface area contributed by atoms with Gasteiger partial charge in [0.1, 0.15) is 5.75 Å². The zero-order chi connectivity index (χ0) is 35.5. The molecule has 3 heteroatoms. The van der Waals surface area contributed by atoms with E-state index in [0.29, 0.717) is 0 Å². The van der Waals surface area contributed by atoms with Gasteiger partial charge in [-0.1, -0.05) is 199 Å². The molecule has 0 N–H and O–H groups in total. The van der Waals surface area contributed by atoms with Gasteiger partial charge in [0.2, 0.25) is 0 Å². The summed E-state index contributed by atoms with van der Waals surface area (Å²) in [4.78, 5) is 4.71. The van der Waals surface area contributed by atoms with Crippen molar-refractivity contribution in [1.82, 2.24) is 0 Å². The first kappa shape index (κ1) is 44.9. The molecule has 3 nitrogen and oxygen atoms in total. The quantitative estimate of drug-likeness (QED) is 0.0716. The molecule has 0 heterocycles. The van der Waals surface area contributed by atoms with Gasteiger partial charge in [-0.05, 0) is 43.5 Å². The van der Waals surface area contributed by atoms with Gasteiger partial charge < -0.3 is 14.5 Å². The van der Waals surface area contributed by atoms with Crippen LogP contribution >= 0.6 is 0 Å². The summed E-state index contributed by atoms with van der Waals surface area (Å²) in [7, 11) is 4.13. The fraction of sp³-hybridized carbons (Fsp3) is 0.739. The van der Waals surface area contributed by atoms with Crippen LogP contribution in [0.1, 0.15) is 188 Å². The first-order valence-corrected chi connectivity index (χ1v) is 21.3. The second-order valence-corrected chi connectivity index (χ2v) is 14.7. The van der Waals surface area contributed by atoms with E-state index in [1.165, 1.54) is 191 Å². The minimum atomic E-state index is 0.837. The molecular weight excluding hydrogens is 597 g/mol. The summed E-state index contributed by atoms with van der Waals surface area (Å²) >= 11 is 0. The van der Waals surface area contributed by atoms with Crippen LogP contribution in [-0.2, 0) is 0 Å². The Morgan fingerprint density at radius 2 is 0.776 bits per heavy atom. The van der Waals surface area contributed by atoms with Crippen LogP contribution in [0.5, 0.6) is 5.75 Å². The molecule has 0 fully saturated rings. The summed E-state index contributed by atoms with van der Waals surface area (Å²) in [6, 6.07) is 19.3. The smallest absolute Gasteiger partial charge is 0.142 e. The summed E-state index contributed by atoms with van der Waals surface area (Å²) in [5.74, 6) is 1.01. The van der Waals surface area contributed by atoms with Crippen LogP contribution < -0.4 is 14.5 Å². The van der Waals surface area contributed by atoms with E-state index >= 15 is 0 Å². The number of unbranched alkanes of at least 4 members (excludes halogenated alkanes) is 23. The lowest BCUT2D eigenvalue weighted by Crippen LogP contribution is -2.25. The van der Waals surface area contributed by atoms with Crippen molar-refractivity contribution >= 4 is 11.4 Å². The Labute approximate surface area is 307 Å². The Balaban J connectivity index is 0.000000510. The number of rotatable bonds is 32. The van der Waals surface area contributed by atoms with Gasteiger partial charge >= 0.3 is 0 Å². The van der Waals surface area contributed by atoms with E-state index < -0.39 is 0 Å². The molecule has 0 radical (unpaired) electrons. The number of anilines is 2. The summed E-state index contributed by atoms with van der Waals surface area (Å²) in [6.07, 6.45) is 36.2. The van der Waals surface area contributed by atoms with Crippen LogP contribution in [-0.4, -0.2) is 33.8 Å². The molecule has 2 aromatic carbocycles. The third-order valence-corrected chi connectivity index (χ3v) is 9.79. The van der Waals surface area contributed by atoms with Gasteiger partial charge in [-0.3, -0.25) is 0 Å². The van der Waals surface area contributed by atoms with E-state index in [1.54, 1.807) is 0 Å². The highest BCUT2D eigenvalue weighted by Gasteiger charge is 2.06. The minimum absolute atomic E-state index is 0.837. The molecule has 282 valence electrons. The van der Waals surface area contributed by atoms with Crippen LogP contribution in [0.15, 0.2) is 54.6 Å². The Morgan fingerprint density at radius 1 is 0.408 bits per heavy atom. The van der Waals surface area contributed by atoms with Crippen molar-refractivity contribution in [3.8, 4) is 5.75 Å². The highest BCUT2D eigenvalue weighted by atomic mass is 16.5. The number of hydrogen-bond acceptors (Lipinski definition) is 3. The van der Waals surface area contributed by atoms with E-state index in [0.717, 1.165) is 12.4 Å². The molecule has 2 aromatic rings. The number of para-hydroxylation sites is 3. The predicted molar refractivity (Wildman–Crippen MR) is 222 cm³/mol. The maximum absolute atomic E-state index is 5.98. The van der Waals surface area contributed by atoms with Crippen LogP contribution in [0.3, 0.4) is 0 Å². The highest BCUT2D eigenvalue weighted by molar-refractivity contribution is 5.57. The molecule has 0 spiro atoms. The van der Waals surface area contributed by atoms with E-state index in [9.17, 15) is 0 Å². The molecule has 0 atom stereocenters. The van der Waals surface area contributed by atoms with Crippen molar-refractivity contribution in [1.29, 1.82) is 0 Å². The molecule has 0 aromatic heterocycles. The van der Waals surface area contributed by atoms with Crippen molar-refractivity contribution in [2.75, 3.05) is 43.6 Å². The van der Waals surface area contributed by atoms with Crippen molar-refractivity contribution < 1.29 is 4.74 Å². The standard InChI is InChI=1S/C26H47NO.C20H35N/c1-4-5-6-7-8-9-10-11-12-13-14-15-16-17-18-21-24-28-26-23-20-19-22-25(26)27(2)3;1-3-5-7-9-14-18-21(19-15-10-8-6-4-2)20-16-12-11-13-17-20/h19-20,22-23H,4-18,21,24H2,1-3H3;11-13,16-17H,3-10,14-15,18-19H2,1-2H3. The molecular formula is C46H82N2O. The summed E-state index contributed by atoms with van der Waals surface area (Å²) in [5, 5.41) is 0. The third-order valence-electron chi connectivity index (χ3n) is 9.79. The molecule has 0 saturated heterocycles. The van der Waals surface area contributed by atoms with Gasteiger partial charge in [0, 0.05) is 32.9 Å². The second kappa shape index (κ2) is 34.3. The van der Waals surface area contributed by atoms with Crippen molar-refractivity contribution in [2.24, 2.45) is 0 Å². The number of benzene rings is 2. The summed E-state index contributed by atoms with van der Waals surface area (Å²) in [6.45, 7) is 10.1. The third kappa shape index (κ3) is 26.3. The highest BCUT2D eigenvalue weighted by Crippen LogP contribution is 2.26. The van der Waals surface area contributed by atoms with Gasteiger partial charge in [-0.25, -0.2) is 0 Å². The Hall–Kier alpha value is -2.16. The predicted octanol–water partition coefficient (Wildman–Crippen LogP) is 14.8. The number of nitrogens with zero attached hydrogens (tertiary/aromatic N) is 2. The molecule has 49 heavy (non-hydrogen) atoms. The van der Waals surface area contributed by atoms with E-state index in [-0.39, 0.29) is 0 Å². The first-order chi connectivity index (χ1) is 24.1. The van der Waals surface area contributed by atoms with E-state index in [1.807, 2.05) is 0 Å². The molecule has 0 unspecified atom stereocenters. The Kier molecular flexibility index (Phi) is 31.4. The normalized spacial score (nSPS) is 10.9. The van der Waals surface area contributed by atoms with E-state index in [2.05, 4.69) is 99.3 Å².